The highest BCUT2D eigenvalue weighted by molar-refractivity contribution is 7.13. The van der Waals surface area contributed by atoms with E-state index in [4.69, 9.17) is 0 Å². The van der Waals surface area contributed by atoms with Gasteiger partial charge in [0, 0.05) is 17.1 Å². The molecule has 7 heteroatoms. The minimum absolute atomic E-state index is 0.316. The second-order valence-corrected chi connectivity index (χ2v) is 5.00. The fourth-order valence-corrected chi connectivity index (χ4v) is 2.35. The van der Waals surface area contributed by atoms with Crippen LogP contribution in [0.3, 0.4) is 0 Å². The molecule has 0 aliphatic rings. The zero-order chi connectivity index (χ0) is 14.1. The molecule has 0 aliphatic heterocycles. The van der Waals surface area contributed by atoms with Crippen LogP contribution < -0.4 is 5.32 Å². The van der Waals surface area contributed by atoms with Crippen LogP contribution in [0.2, 0.25) is 0 Å². The lowest BCUT2D eigenvalue weighted by atomic mass is 10.1. The highest BCUT2D eigenvalue weighted by Gasteiger charge is 2.13. The number of carbonyl (C=O) groups excluding carboxylic acids is 1. The van der Waals surface area contributed by atoms with Crippen LogP contribution >= 0.6 is 11.3 Å². The Morgan fingerprint density at radius 3 is 2.95 bits per heavy atom. The standard InChI is InChI=1S/C13H9FN4OS/c1-7-4-10(12(19)17-13-18-15-6-20-13)9-3-2-8(14)5-11(9)16-7/h2-6H,1H3,(H,17,18,19). The molecule has 0 fully saturated rings. The van der Waals surface area contributed by atoms with Crippen molar-refractivity contribution in [1.29, 1.82) is 0 Å². The number of pyridine rings is 1. The number of amides is 1. The molecule has 0 aliphatic carbocycles. The first-order chi connectivity index (χ1) is 9.63. The van der Waals surface area contributed by atoms with Gasteiger partial charge >= 0.3 is 0 Å². The van der Waals surface area contributed by atoms with E-state index in [1.807, 2.05) is 0 Å². The lowest BCUT2D eigenvalue weighted by Crippen LogP contribution is -2.13. The topological polar surface area (TPSA) is 67.8 Å². The summed E-state index contributed by atoms with van der Waals surface area (Å²) in [6.07, 6.45) is 0. The second-order valence-electron chi connectivity index (χ2n) is 4.17. The molecule has 1 aromatic carbocycles. The van der Waals surface area contributed by atoms with Crippen LogP contribution in [-0.2, 0) is 0 Å². The largest absolute Gasteiger partial charge is 0.296 e. The summed E-state index contributed by atoms with van der Waals surface area (Å²) in [5.74, 6) is -0.699. The average Bonchev–Trinajstić information content (AvgIpc) is 2.90. The molecule has 1 N–H and O–H groups in total. The number of halogens is 1. The summed E-state index contributed by atoms with van der Waals surface area (Å²) in [6.45, 7) is 1.76. The fourth-order valence-electron chi connectivity index (χ4n) is 1.91. The second kappa shape index (κ2) is 4.93. The Labute approximate surface area is 117 Å². The minimum atomic E-state index is -0.383. The molecule has 20 heavy (non-hydrogen) atoms. The van der Waals surface area contributed by atoms with E-state index in [2.05, 4.69) is 20.5 Å². The Morgan fingerprint density at radius 2 is 2.20 bits per heavy atom. The van der Waals surface area contributed by atoms with Gasteiger partial charge in [0.15, 0.2) is 0 Å². The number of aromatic nitrogens is 3. The van der Waals surface area contributed by atoms with Gasteiger partial charge in [-0.25, -0.2) is 4.39 Å². The van der Waals surface area contributed by atoms with Crippen molar-refractivity contribution in [3.05, 3.63) is 46.9 Å². The van der Waals surface area contributed by atoms with E-state index in [0.717, 1.165) is 0 Å². The molecule has 5 nitrogen and oxygen atoms in total. The maximum atomic E-state index is 13.2. The molecule has 0 bridgehead atoms. The number of hydrogen-bond acceptors (Lipinski definition) is 5. The predicted molar refractivity (Wildman–Crippen MR) is 74.3 cm³/mol. The van der Waals surface area contributed by atoms with Crippen molar-refractivity contribution in [2.75, 3.05) is 5.32 Å². The number of fused-ring (bicyclic) bond motifs is 1. The highest BCUT2D eigenvalue weighted by Crippen LogP contribution is 2.21. The molecule has 1 amide bonds. The van der Waals surface area contributed by atoms with Gasteiger partial charge in [0.2, 0.25) is 5.13 Å². The monoisotopic (exact) mass is 288 g/mol. The fraction of sp³-hybridized carbons (Fsp3) is 0.0769. The Kier molecular flexibility index (Phi) is 3.11. The first-order valence-electron chi connectivity index (χ1n) is 5.78. The maximum Gasteiger partial charge on any atom is 0.258 e. The SMILES string of the molecule is Cc1cc(C(=O)Nc2nncs2)c2ccc(F)cc2n1. The minimum Gasteiger partial charge on any atom is -0.296 e. The van der Waals surface area contributed by atoms with Crippen molar-refractivity contribution in [2.24, 2.45) is 0 Å². The van der Waals surface area contributed by atoms with Gasteiger partial charge in [-0.05, 0) is 25.1 Å². The summed E-state index contributed by atoms with van der Waals surface area (Å²) in [5, 5.41) is 11.1. The van der Waals surface area contributed by atoms with Gasteiger partial charge < -0.3 is 0 Å². The normalized spacial score (nSPS) is 10.7. The molecule has 0 radical (unpaired) electrons. The highest BCUT2D eigenvalue weighted by atomic mass is 32.1. The van der Waals surface area contributed by atoms with E-state index < -0.39 is 0 Å². The van der Waals surface area contributed by atoms with Gasteiger partial charge in [0.1, 0.15) is 11.3 Å². The van der Waals surface area contributed by atoms with Crippen LogP contribution in [0.5, 0.6) is 0 Å². The number of rotatable bonds is 2. The van der Waals surface area contributed by atoms with E-state index >= 15 is 0 Å². The Bertz CT molecular complexity index is 783. The summed E-state index contributed by atoms with van der Waals surface area (Å²) >= 11 is 1.23. The van der Waals surface area contributed by atoms with Crippen LogP contribution in [0.1, 0.15) is 16.1 Å². The molecular weight excluding hydrogens is 279 g/mol. The third kappa shape index (κ3) is 2.35. The molecule has 2 aromatic heterocycles. The quantitative estimate of drug-likeness (QED) is 0.787. The lowest BCUT2D eigenvalue weighted by molar-refractivity contribution is 0.102. The van der Waals surface area contributed by atoms with Crippen LogP contribution in [0.15, 0.2) is 29.8 Å². The van der Waals surface area contributed by atoms with Gasteiger partial charge in [-0.1, -0.05) is 11.3 Å². The molecule has 0 spiro atoms. The summed E-state index contributed by atoms with van der Waals surface area (Å²) in [5.41, 5.74) is 3.06. The summed E-state index contributed by atoms with van der Waals surface area (Å²) in [6, 6.07) is 5.83. The van der Waals surface area contributed by atoms with Crippen molar-refractivity contribution in [3.8, 4) is 0 Å². The maximum absolute atomic E-state index is 13.2. The molecule has 3 rings (SSSR count). The van der Waals surface area contributed by atoms with Crippen LogP contribution in [0.4, 0.5) is 9.52 Å². The smallest absolute Gasteiger partial charge is 0.258 e. The number of hydrogen-bond donors (Lipinski definition) is 1. The summed E-state index contributed by atoms with van der Waals surface area (Å²) < 4.78 is 13.2. The average molecular weight is 288 g/mol. The zero-order valence-electron chi connectivity index (χ0n) is 10.4. The Hall–Kier alpha value is -2.41. The molecule has 100 valence electrons. The first-order valence-corrected chi connectivity index (χ1v) is 6.66. The molecule has 0 saturated carbocycles. The van der Waals surface area contributed by atoms with Crippen molar-refractivity contribution in [1.82, 2.24) is 15.2 Å². The third-order valence-corrected chi connectivity index (χ3v) is 3.33. The zero-order valence-corrected chi connectivity index (χ0v) is 11.2. The number of carbonyl (C=O) groups is 1. The Balaban J connectivity index is 2.08. The predicted octanol–water partition coefficient (Wildman–Crippen LogP) is 2.79. The number of nitrogens with one attached hydrogen (secondary N) is 1. The number of nitrogens with zero attached hydrogens (tertiary/aromatic N) is 3. The molecular formula is C13H9FN4OS. The third-order valence-electron chi connectivity index (χ3n) is 2.73. The number of anilines is 1. The number of benzene rings is 1. The van der Waals surface area contributed by atoms with Gasteiger partial charge in [-0.15, -0.1) is 10.2 Å². The van der Waals surface area contributed by atoms with E-state index in [1.54, 1.807) is 19.1 Å². The molecule has 0 atom stereocenters. The van der Waals surface area contributed by atoms with Crippen LogP contribution in [0.25, 0.3) is 10.9 Å². The first kappa shape index (κ1) is 12.6. The van der Waals surface area contributed by atoms with E-state index in [0.29, 0.717) is 27.3 Å². The molecule has 2 heterocycles. The molecule has 0 saturated heterocycles. The summed E-state index contributed by atoms with van der Waals surface area (Å²) in [4.78, 5) is 16.5. The Morgan fingerprint density at radius 1 is 1.35 bits per heavy atom. The van der Waals surface area contributed by atoms with Gasteiger partial charge in [0.05, 0.1) is 11.1 Å². The van der Waals surface area contributed by atoms with Crippen molar-refractivity contribution >= 4 is 33.3 Å². The van der Waals surface area contributed by atoms with E-state index in [9.17, 15) is 9.18 Å². The van der Waals surface area contributed by atoms with Crippen molar-refractivity contribution in [2.45, 2.75) is 6.92 Å². The van der Waals surface area contributed by atoms with Crippen LogP contribution in [0, 0.1) is 12.7 Å². The van der Waals surface area contributed by atoms with Gasteiger partial charge in [0.25, 0.3) is 5.91 Å². The molecule has 0 unspecified atom stereocenters. The van der Waals surface area contributed by atoms with Gasteiger partial charge in [-0.3, -0.25) is 15.1 Å². The van der Waals surface area contributed by atoms with Crippen LogP contribution in [-0.4, -0.2) is 21.1 Å². The van der Waals surface area contributed by atoms with E-state index in [-0.39, 0.29) is 11.7 Å². The number of aryl methyl sites for hydroxylation is 1. The summed E-state index contributed by atoms with van der Waals surface area (Å²) in [7, 11) is 0. The lowest BCUT2D eigenvalue weighted by Gasteiger charge is -2.07. The van der Waals surface area contributed by atoms with Crippen molar-refractivity contribution < 1.29 is 9.18 Å². The molecule has 3 aromatic rings. The van der Waals surface area contributed by atoms with E-state index in [1.165, 1.54) is 29.0 Å². The van der Waals surface area contributed by atoms with Gasteiger partial charge in [-0.2, -0.15) is 0 Å². The van der Waals surface area contributed by atoms with Crippen molar-refractivity contribution in [3.63, 3.8) is 0 Å².